The number of rotatable bonds is 4. The quantitative estimate of drug-likeness (QED) is 0.188. The lowest BCUT2D eigenvalue weighted by atomic mass is 10.0. The number of furan rings is 1. The molecule has 4 heteroatoms. The summed E-state index contributed by atoms with van der Waals surface area (Å²) in [5, 5.41) is 9.50. The van der Waals surface area contributed by atoms with Gasteiger partial charge in [0.05, 0.1) is 22.4 Å². The number of fused-ring (bicyclic) bond motifs is 11. The molecule has 0 aliphatic carbocycles. The van der Waals surface area contributed by atoms with Gasteiger partial charge in [0.1, 0.15) is 11.2 Å². The highest BCUT2D eigenvalue weighted by Crippen LogP contribution is 2.48. The molecule has 50 heavy (non-hydrogen) atoms. The number of benzene rings is 8. The zero-order valence-electron chi connectivity index (χ0n) is 26.9. The average Bonchev–Trinajstić information content (AvgIpc) is 3.85. The first kappa shape index (κ1) is 27.6. The van der Waals surface area contributed by atoms with Gasteiger partial charge in [-0.1, -0.05) is 97.1 Å². The highest BCUT2D eigenvalue weighted by molar-refractivity contribution is 7.25. The maximum Gasteiger partial charge on any atom is 0.143 e. The highest BCUT2D eigenvalue weighted by Gasteiger charge is 2.23. The second-order valence-electron chi connectivity index (χ2n) is 12.9. The van der Waals surface area contributed by atoms with E-state index in [1.54, 1.807) is 0 Å². The fraction of sp³-hybridized carbons (Fsp3) is 0. The fourth-order valence-electron chi connectivity index (χ4n) is 8.02. The number of hydrogen-bond acceptors (Lipinski definition) is 3. The predicted molar refractivity (Wildman–Crippen MR) is 213 cm³/mol. The molecular formula is C46H28N2OS. The van der Waals surface area contributed by atoms with Crippen LogP contribution >= 0.6 is 11.3 Å². The molecule has 3 nitrogen and oxygen atoms in total. The normalized spacial score (nSPS) is 12.0. The molecule has 11 rings (SSSR count). The zero-order valence-corrected chi connectivity index (χ0v) is 27.7. The molecular weight excluding hydrogens is 629 g/mol. The Bertz CT molecular complexity index is 3110. The van der Waals surface area contributed by atoms with Gasteiger partial charge in [0.15, 0.2) is 0 Å². The second-order valence-corrected chi connectivity index (χ2v) is 14.0. The molecule has 0 unspecified atom stereocenters. The Morgan fingerprint density at radius 3 is 2.02 bits per heavy atom. The highest BCUT2D eigenvalue weighted by atomic mass is 32.1. The zero-order chi connectivity index (χ0) is 32.8. The number of anilines is 3. The van der Waals surface area contributed by atoms with Gasteiger partial charge in [0.2, 0.25) is 0 Å². The summed E-state index contributed by atoms with van der Waals surface area (Å²) in [4.78, 5) is 2.47. The van der Waals surface area contributed by atoms with Gasteiger partial charge in [-0.25, -0.2) is 0 Å². The summed E-state index contributed by atoms with van der Waals surface area (Å²) >= 11 is 1.85. The minimum absolute atomic E-state index is 0.908. The molecule has 3 aromatic heterocycles. The van der Waals surface area contributed by atoms with Crippen LogP contribution in [0.1, 0.15) is 0 Å². The number of aromatic nitrogens is 1. The third kappa shape index (κ3) is 3.91. The van der Waals surface area contributed by atoms with Crippen molar-refractivity contribution in [2.75, 3.05) is 4.90 Å². The third-order valence-corrected chi connectivity index (χ3v) is 11.3. The van der Waals surface area contributed by atoms with E-state index < -0.39 is 0 Å². The predicted octanol–water partition coefficient (Wildman–Crippen LogP) is 13.7. The van der Waals surface area contributed by atoms with Crippen LogP contribution in [0.5, 0.6) is 0 Å². The van der Waals surface area contributed by atoms with Gasteiger partial charge in [-0.05, 0) is 72.8 Å². The molecule has 0 aliphatic rings. The monoisotopic (exact) mass is 656 g/mol. The van der Waals surface area contributed by atoms with Crippen LogP contribution in [0.25, 0.3) is 80.4 Å². The first-order chi connectivity index (χ1) is 24.8. The van der Waals surface area contributed by atoms with Crippen molar-refractivity contribution in [1.29, 1.82) is 0 Å². The van der Waals surface area contributed by atoms with Crippen molar-refractivity contribution in [3.63, 3.8) is 0 Å². The fourth-order valence-corrected chi connectivity index (χ4v) is 9.11. The van der Waals surface area contributed by atoms with Crippen molar-refractivity contribution in [2.45, 2.75) is 0 Å². The lowest BCUT2D eigenvalue weighted by molar-refractivity contribution is 0.672. The van der Waals surface area contributed by atoms with Crippen molar-refractivity contribution in [1.82, 2.24) is 4.57 Å². The summed E-state index contributed by atoms with van der Waals surface area (Å²) in [7, 11) is 0. The Morgan fingerprint density at radius 1 is 0.440 bits per heavy atom. The van der Waals surface area contributed by atoms with E-state index in [0.29, 0.717) is 0 Å². The Balaban J connectivity index is 1.26. The lowest BCUT2D eigenvalue weighted by Gasteiger charge is -2.28. The minimum Gasteiger partial charge on any atom is -0.455 e. The van der Waals surface area contributed by atoms with Crippen LogP contribution in [0.4, 0.5) is 17.1 Å². The Hall–Kier alpha value is -6.36. The summed E-state index contributed by atoms with van der Waals surface area (Å²) < 4.78 is 11.5. The summed E-state index contributed by atoms with van der Waals surface area (Å²) in [5.41, 5.74) is 8.67. The molecule has 0 bridgehead atoms. The van der Waals surface area contributed by atoms with Crippen LogP contribution in [-0.4, -0.2) is 4.57 Å². The van der Waals surface area contributed by atoms with Crippen LogP contribution in [0.2, 0.25) is 0 Å². The molecule has 0 aliphatic heterocycles. The first-order valence-electron chi connectivity index (χ1n) is 16.9. The van der Waals surface area contributed by atoms with E-state index in [4.69, 9.17) is 4.42 Å². The van der Waals surface area contributed by atoms with Gasteiger partial charge in [0, 0.05) is 63.9 Å². The van der Waals surface area contributed by atoms with Gasteiger partial charge in [-0.2, -0.15) is 0 Å². The van der Waals surface area contributed by atoms with Gasteiger partial charge < -0.3 is 13.9 Å². The van der Waals surface area contributed by atoms with Crippen LogP contribution in [0, 0.1) is 0 Å². The molecule has 0 fully saturated rings. The molecule has 0 amide bonds. The van der Waals surface area contributed by atoms with Gasteiger partial charge in [-0.3, -0.25) is 0 Å². The smallest absolute Gasteiger partial charge is 0.143 e. The number of thiophene rings is 1. The van der Waals surface area contributed by atoms with E-state index in [1.807, 2.05) is 17.4 Å². The van der Waals surface area contributed by atoms with Crippen LogP contribution in [0.3, 0.4) is 0 Å². The number of hydrogen-bond donors (Lipinski definition) is 0. The third-order valence-electron chi connectivity index (χ3n) is 10.2. The van der Waals surface area contributed by atoms with E-state index in [9.17, 15) is 0 Å². The van der Waals surface area contributed by atoms with E-state index in [1.165, 1.54) is 42.0 Å². The van der Waals surface area contributed by atoms with E-state index >= 15 is 0 Å². The van der Waals surface area contributed by atoms with E-state index in [0.717, 1.165) is 55.5 Å². The molecule has 8 aromatic carbocycles. The second kappa shape index (κ2) is 10.6. The topological polar surface area (TPSA) is 21.3 Å². The van der Waals surface area contributed by atoms with Gasteiger partial charge in [-0.15, -0.1) is 11.3 Å². The maximum absolute atomic E-state index is 6.57. The summed E-state index contributed by atoms with van der Waals surface area (Å²) in [6.07, 6.45) is 0. The standard InChI is InChI=1S/C46H28N2OS/c1-2-12-29(13-3-1)47-39-18-7-4-16-36(39)45-40(47)20-11-21-41(45)48(30-24-27-44-37(28-30)33-15-6-9-23-43(33)50-44)38-19-10-17-34-31(38)25-26-35-32-14-5-8-22-42(32)49-46(34)35/h1-28H. The molecule has 234 valence electrons. The Kier molecular flexibility index (Phi) is 5.83. The first-order valence-corrected chi connectivity index (χ1v) is 17.8. The average molecular weight is 657 g/mol. The van der Waals surface area contributed by atoms with Crippen LogP contribution < -0.4 is 4.90 Å². The molecule has 0 radical (unpaired) electrons. The van der Waals surface area contributed by atoms with Crippen LogP contribution in [0.15, 0.2) is 174 Å². The lowest BCUT2D eigenvalue weighted by Crippen LogP contribution is -2.11. The van der Waals surface area contributed by atoms with E-state index in [2.05, 4.69) is 173 Å². The van der Waals surface area contributed by atoms with E-state index in [-0.39, 0.29) is 0 Å². The molecule has 3 heterocycles. The molecule has 11 aromatic rings. The molecule has 0 atom stereocenters. The van der Waals surface area contributed by atoms with Crippen molar-refractivity contribution in [2.24, 2.45) is 0 Å². The summed E-state index contributed by atoms with van der Waals surface area (Å²) in [6, 6.07) is 61.3. The van der Waals surface area contributed by atoms with Gasteiger partial charge >= 0.3 is 0 Å². The summed E-state index contributed by atoms with van der Waals surface area (Å²) in [5.74, 6) is 0. The Labute approximate surface area is 291 Å². The van der Waals surface area contributed by atoms with Gasteiger partial charge in [0.25, 0.3) is 0 Å². The van der Waals surface area contributed by atoms with Crippen molar-refractivity contribution < 1.29 is 4.42 Å². The molecule has 0 saturated carbocycles. The van der Waals surface area contributed by atoms with Crippen molar-refractivity contribution in [3.05, 3.63) is 170 Å². The van der Waals surface area contributed by atoms with Crippen molar-refractivity contribution >= 4 is 103 Å². The largest absolute Gasteiger partial charge is 0.455 e. The molecule has 0 saturated heterocycles. The summed E-state index contributed by atoms with van der Waals surface area (Å²) in [6.45, 7) is 0. The molecule has 0 spiro atoms. The number of para-hydroxylation sites is 3. The van der Waals surface area contributed by atoms with Crippen molar-refractivity contribution in [3.8, 4) is 5.69 Å². The molecule has 0 N–H and O–H groups in total. The number of nitrogens with zero attached hydrogens (tertiary/aromatic N) is 2. The Morgan fingerprint density at radius 2 is 1.10 bits per heavy atom. The minimum atomic E-state index is 0.908. The maximum atomic E-state index is 6.57. The van der Waals surface area contributed by atoms with Crippen LogP contribution in [-0.2, 0) is 0 Å². The SMILES string of the molecule is c1ccc(-n2c3ccccc3c3c(N(c4ccc5sc6ccccc6c5c4)c4cccc5c4ccc4c6ccccc6oc54)cccc32)cc1.